The number of carboxylic acid groups (broad SMARTS) is 2. The summed E-state index contributed by atoms with van der Waals surface area (Å²) >= 11 is 1.48. The summed E-state index contributed by atoms with van der Waals surface area (Å²) in [5, 5.41) is 46.3. The van der Waals surface area contributed by atoms with Crippen molar-refractivity contribution in [3.05, 3.63) is 35.9 Å². The maximum atomic E-state index is 13.7. The Hall–Kier alpha value is -4.71. The number of hydrogen-bond donors (Lipinski definition) is 9. The highest BCUT2D eigenvalue weighted by molar-refractivity contribution is 7.98. The number of amides is 6. The predicted octanol–water partition coefficient (Wildman–Crippen LogP) is 1.61. The Morgan fingerprint density at radius 1 is 0.644 bits per heavy atom. The van der Waals surface area contributed by atoms with Crippen LogP contribution >= 0.6 is 11.8 Å². The number of benzene rings is 1. The van der Waals surface area contributed by atoms with Crippen LogP contribution < -0.4 is 31.9 Å². The third-order valence-electron chi connectivity index (χ3n) is 9.64. The molecule has 0 aliphatic heterocycles. The van der Waals surface area contributed by atoms with Crippen LogP contribution in [-0.4, -0.2) is 117 Å². The van der Waals surface area contributed by atoms with Gasteiger partial charge in [0.25, 0.3) is 0 Å². The number of carboxylic acids is 2. The van der Waals surface area contributed by atoms with Gasteiger partial charge in [0.05, 0.1) is 12.1 Å². The van der Waals surface area contributed by atoms with E-state index in [1.807, 2.05) is 20.1 Å². The molecule has 59 heavy (non-hydrogen) atoms. The Labute approximate surface area is 351 Å². The first kappa shape index (κ1) is 52.3. The molecule has 0 heterocycles. The quantitative estimate of drug-likeness (QED) is 0.0611. The minimum atomic E-state index is -1.44. The van der Waals surface area contributed by atoms with E-state index in [1.165, 1.54) is 25.6 Å². The molecule has 18 heteroatoms. The van der Waals surface area contributed by atoms with E-state index >= 15 is 0 Å². The second kappa shape index (κ2) is 26.4. The van der Waals surface area contributed by atoms with Gasteiger partial charge in [-0.05, 0) is 67.9 Å². The molecule has 1 aromatic rings. The minimum Gasteiger partial charge on any atom is -0.481 e. The van der Waals surface area contributed by atoms with E-state index in [0.717, 1.165) is 0 Å². The molecule has 0 radical (unpaired) electrons. The van der Waals surface area contributed by atoms with Crippen molar-refractivity contribution >= 4 is 59.1 Å². The normalized spacial score (nSPS) is 15.4. The molecule has 0 aliphatic rings. The van der Waals surface area contributed by atoms with Crippen LogP contribution in [0.15, 0.2) is 30.3 Å². The van der Waals surface area contributed by atoms with Crippen molar-refractivity contribution in [1.29, 1.82) is 0 Å². The van der Waals surface area contributed by atoms with Crippen LogP contribution in [-0.2, 0) is 44.8 Å². The maximum absolute atomic E-state index is 13.7. The molecule has 8 atom stereocenters. The molecular weight excluding hydrogens is 785 g/mol. The second-order valence-electron chi connectivity index (χ2n) is 16.0. The number of carbonyl (C=O) groups excluding carboxylic acids is 6. The molecule has 1 aromatic carbocycles. The topological polar surface area (TPSA) is 269 Å². The van der Waals surface area contributed by atoms with E-state index in [2.05, 4.69) is 31.9 Å². The zero-order valence-corrected chi connectivity index (χ0v) is 36.5. The van der Waals surface area contributed by atoms with Gasteiger partial charge in [-0.25, -0.2) is 4.79 Å². The predicted molar refractivity (Wildman–Crippen MR) is 224 cm³/mol. The maximum Gasteiger partial charge on any atom is 0.326 e. The lowest BCUT2D eigenvalue weighted by Gasteiger charge is -2.32. The van der Waals surface area contributed by atoms with Crippen molar-refractivity contribution in [2.24, 2.45) is 23.7 Å². The van der Waals surface area contributed by atoms with Gasteiger partial charge in [-0.3, -0.25) is 33.6 Å². The zero-order chi connectivity index (χ0) is 45.0. The van der Waals surface area contributed by atoms with Gasteiger partial charge in [0.15, 0.2) is 0 Å². The summed E-state index contributed by atoms with van der Waals surface area (Å²) in [7, 11) is 0. The number of carbonyl (C=O) groups is 8. The molecule has 0 aromatic heterocycles. The summed E-state index contributed by atoms with van der Waals surface area (Å²) in [4.78, 5) is 102. The van der Waals surface area contributed by atoms with Crippen molar-refractivity contribution in [2.75, 3.05) is 12.0 Å². The van der Waals surface area contributed by atoms with Crippen LogP contribution in [0.2, 0.25) is 0 Å². The fraction of sp³-hybridized carbons (Fsp3) is 0.659. The van der Waals surface area contributed by atoms with E-state index < -0.39 is 102 Å². The number of aliphatic hydroxyl groups excluding tert-OH is 1. The number of aliphatic carboxylic acids is 2. The Kier molecular flexibility index (Phi) is 23.4. The summed E-state index contributed by atoms with van der Waals surface area (Å²) in [6.45, 7) is 13.5. The van der Waals surface area contributed by atoms with Crippen molar-refractivity contribution in [3.8, 4) is 0 Å². The zero-order valence-electron chi connectivity index (χ0n) is 35.7. The van der Waals surface area contributed by atoms with E-state index in [0.29, 0.717) is 17.7 Å². The first-order valence-electron chi connectivity index (χ1n) is 20.0. The average Bonchev–Trinajstić information content (AvgIpc) is 3.14. The summed E-state index contributed by atoms with van der Waals surface area (Å²) in [5.74, 6) is -7.29. The van der Waals surface area contributed by atoms with Crippen LogP contribution in [0.3, 0.4) is 0 Å². The minimum absolute atomic E-state index is 0.00436. The molecule has 17 nitrogen and oxygen atoms in total. The third-order valence-corrected chi connectivity index (χ3v) is 10.3. The largest absolute Gasteiger partial charge is 0.481 e. The Morgan fingerprint density at radius 3 is 1.71 bits per heavy atom. The SMILES string of the molecule is CSCC[C@H](NC(=O)[C@@H](NC(C)=O)C(C)C)C(=O)N[C@@H](CC(C)C)[C@@H](O)C[C@H](C(=O)N[C@@H](C)C(=O)N[C@@H](CCC(=O)O)C(=O)N[C@@H](Cc1ccccc1)C(=O)O)C(C)C. The van der Waals surface area contributed by atoms with Crippen LogP contribution in [0.1, 0.15) is 93.1 Å². The van der Waals surface area contributed by atoms with Gasteiger partial charge < -0.3 is 47.2 Å². The van der Waals surface area contributed by atoms with E-state index in [4.69, 9.17) is 0 Å². The fourth-order valence-corrected chi connectivity index (χ4v) is 6.74. The van der Waals surface area contributed by atoms with Crippen molar-refractivity contribution in [1.82, 2.24) is 31.9 Å². The molecule has 0 bridgehead atoms. The average molecular weight is 851 g/mol. The Balaban J connectivity index is 3.15. The molecule has 332 valence electrons. The standard InChI is InChI=1S/C41H66N6O11S/c1-22(2)19-31(46-39(55)30(17-18-59-9)45-40(56)35(24(5)6)43-26(8)48)33(49)21-28(23(3)4)37(53)42-25(7)36(52)44-29(15-16-34(50)51)38(54)47-32(41(57)58)20-27-13-11-10-12-14-27/h10-14,22-25,28-33,35,49H,15-21H2,1-9H3,(H,42,53)(H,43,48)(H,44,52)(H,45,56)(H,46,55)(H,47,54)(H,50,51)(H,57,58)/t25-,28-,29-,30-,31-,32-,33-,35-/m0/s1. The lowest BCUT2D eigenvalue weighted by atomic mass is 9.85. The van der Waals surface area contributed by atoms with Crippen molar-refractivity contribution in [3.63, 3.8) is 0 Å². The molecule has 0 saturated carbocycles. The number of nitrogens with one attached hydrogen (secondary N) is 6. The van der Waals surface area contributed by atoms with Gasteiger partial charge in [0.1, 0.15) is 30.2 Å². The lowest BCUT2D eigenvalue weighted by Crippen LogP contribution is -2.57. The van der Waals surface area contributed by atoms with Crippen LogP contribution in [0, 0.1) is 23.7 Å². The number of thioether (sulfide) groups is 1. The van der Waals surface area contributed by atoms with Gasteiger partial charge in [-0.1, -0.05) is 71.9 Å². The Morgan fingerprint density at radius 2 is 1.20 bits per heavy atom. The number of aliphatic hydroxyl groups is 1. The monoisotopic (exact) mass is 850 g/mol. The van der Waals surface area contributed by atoms with Gasteiger partial charge in [-0.15, -0.1) is 0 Å². The highest BCUT2D eigenvalue weighted by Crippen LogP contribution is 2.22. The fourth-order valence-electron chi connectivity index (χ4n) is 6.27. The van der Waals surface area contributed by atoms with Crippen LogP contribution in [0.5, 0.6) is 0 Å². The van der Waals surface area contributed by atoms with Crippen molar-refractivity contribution in [2.45, 2.75) is 136 Å². The first-order chi connectivity index (χ1) is 27.6. The molecule has 6 amide bonds. The second-order valence-corrected chi connectivity index (χ2v) is 17.0. The van der Waals surface area contributed by atoms with Crippen LogP contribution in [0.4, 0.5) is 0 Å². The van der Waals surface area contributed by atoms with E-state index in [9.17, 15) is 53.7 Å². The Bertz CT molecular complexity index is 1560. The van der Waals surface area contributed by atoms with Gasteiger partial charge >= 0.3 is 11.9 Å². The van der Waals surface area contributed by atoms with Gasteiger partial charge in [0.2, 0.25) is 35.4 Å². The molecule has 0 fully saturated rings. The number of hydrogen-bond acceptors (Lipinski definition) is 10. The molecular formula is C41H66N6O11S. The number of rotatable bonds is 27. The smallest absolute Gasteiger partial charge is 0.326 e. The lowest BCUT2D eigenvalue weighted by molar-refractivity contribution is -0.143. The summed E-state index contributed by atoms with van der Waals surface area (Å²) < 4.78 is 0. The van der Waals surface area contributed by atoms with E-state index in [1.54, 1.807) is 58.0 Å². The molecule has 1 rings (SSSR count). The van der Waals surface area contributed by atoms with E-state index in [-0.39, 0.29) is 43.4 Å². The highest BCUT2D eigenvalue weighted by Gasteiger charge is 2.35. The van der Waals surface area contributed by atoms with Gasteiger partial charge in [-0.2, -0.15) is 11.8 Å². The van der Waals surface area contributed by atoms with Gasteiger partial charge in [0, 0.05) is 25.7 Å². The van der Waals surface area contributed by atoms with Crippen LogP contribution in [0.25, 0.3) is 0 Å². The summed E-state index contributed by atoms with van der Waals surface area (Å²) in [5.41, 5.74) is 0.629. The third kappa shape index (κ3) is 19.7. The molecule has 0 unspecified atom stereocenters. The first-order valence-corrected chi connectivity index (χ1v) is 21.4. The summed E-state index contributed by atoms with van der Waals surface area (Å²) in [6.07, 6.45) is 0.181. The van der Waals surface area contributed by atoms with Crippen molar-refractivity contribution < 1.29 is 53.7 Å². The summed E-state index contributed by atoms with van der Waals surface area (Å²) in [6, 6.07) is 1.82. The molecule has 0 spiro atoms. The highest BCUT2D eigenvalue weighted by atomic mass is 32.2. The molecule has 0 saturated heterocycles. The molecule has 9 N–H and O–H groups in total. The molecule has 0 aliphatic carbocycles.